The van der Waals surface area contributed by atoms with Gasteiger partial charge in [0.25, 0.3) is 0 Å². The monoisotopic (exact) mass is 239 g/mol. The maximum atomic E-state index is 13.4. The van der Waals surface area contributed by atoms with E-state index in [-0.39, 0.29) is 12.1 Å². The van der Waals surface area contributed by atoms with Crippen molar-refractivity contribution in [1.82, 2.24) is 14.8 Å². The largest absolute Gasteiger partial charge is 0.343 e. The van der Waals surface area contributed by atoms with E-state index in [9.17, 15) is 13.6 Å². The van der Waals surface area contributed by atoms with E-state index in [4.69, 9.17) is 0 Å². The zero-order valence-corrected chi connectivity index (χ0v) is 9.20. The summed E-state index contributed by atoms with van der Waals surface area (Å²) in [5.41, 5.74) is -0.0230. The summed E-state index contributed by atoms with van der Waals surface area (Å²) in [6.07, 6.45) is 0.151. The molecule has 0 saturated heterocycles. The summed E-state index contributed by atoms with van der Waals surface area (Å²) >= 11 is 0. The fourth-order valence-electron chi connectivity index (χ4n) is 1.65. The smallest absolute Gasteiger partial charge is 0.279 e. The number of hydrogen-bond acceptors (Lipinski definition) is 2. The minimum absolute atomic E-state index is 0.151. The summed E-state index contributed by atoms with van der Waals surface area (Å²) in [5, 5.41) is 6.11. The van der Waals surface area contributed by atoms with Crippen LogP contribution in [0.1, 0.15) is 18.3 Å². The van der Waals surface area contributed by atoms with Gasteiger partial charge < -0.3 is 0 Å². The van der Waals surface area contributed by atoms with E-state index < -0.39 is 11.6 Å². The van der Waals surface area contributed by atoms with E-state index in [2.05, 4.69) is 10.2 Å². The third-order valence-corrected chi connectivity index (χ3v) is 2.52. The molecule has 2 aromatic rings. The average molecular weight is 239 g/mol. The van der Waals surface area contributed by atoms with E-state index in [0.717, 1.165) is 6.07 Å². The number of aromatic nitrogens is 3. The Balaban J connectivity index is 2.34. The van der Waals surface area contributed by atoms with Gasteiger partial charge in [-0.05, 0) is 18.6 Å². The van der Waals surface area contributed by atoms with Crippen LogP contribution in [0.15, 0.2) is 23.0 Å². The molecule has 0 unspecified atom stereocenters. The van der Waals surface area contributed by atoms with Crippen molar-refractivity contribution in [3.63, 3.8) is 0 Å². The van der Waals surface area contributed by atoms with Crippen molar-refractivity contribution >= 4 is 0 Å². The first-order valence-corrected chi connectivity index (χ1v) is 5.19. The van der Waals surface area contributed by atoms with E-state index in [0.29, 0.717) is 17.9 Å². The molecule has 1 heterocycles. The summed E-state index contributed by atoms with van der Waals surface area (Å²) in [5.74, 6) is -0.827. The fraction of sp³-hybridized carbons (Fsp3) is 0.273. The topological polar surface area (TPSA) is 50.7 Å². The van der Waals surface area contributed by atoms with Gasteiger partial charge in [-0.15, -0.1) is 0 Å². The van der Waals surface area contributed by atoms with E-state index in [1.807, 2.05) is 0 Å². The van der Waals surface area contributed by atoms with Gasteiger partial charge in [-0.2, -0.15) is 5.10 Å². The maximum absolute atomic E-state index is 13.4. The Morgan fingerprint density at radius 3 is 2.82 bits per heavy atom. The minimum atomic E-state index is -0.636. The first-order valence-electron chi connectivity index (χ1n) is 5.19. The molecular weight excluding hydrogens is 228 g/mol. The molecule has 0 atom stereocenters. The van der Waals surface area contributed by atoms with Gasteiger partial charge >= 0.3 is 5.69 Å². The molecule has 0 amide bonds. The van der Waals surface area contributed by atoms with E-state index >= 15 is 0 Å². The second-order valence-electron chi connectivity index (χ2n) is 3.60. The van der Waals surface area contributed by atoms with Gasteiger partial charge in [-0.25, -0.2) is 18.7 Å². The van der Waals surface area contributed by atoms with Crippen molar-refractivity contribution in [1.29, 1.82) is 0 Å². The molecule has 0 bridgehead atoms. The molecule has 0 spiro atoms. The van der Waals surface area contributed by atoms with Crippen LogP contribution in [0, 0.1) is 11.6 Å². The van der Waals surface area contributed by atoms with Gasteiger partial charge in [0.05, 0.1) is 0 Å². The fourth-order valence-corrected chi connectivity index (χ4v) is 1.65. The predicted octanol–water partition coefficient (Wildman–Crippen LogP) is 1.46. The number of H-pyrrole nitrogens is 1. The quantitative estimate of drug-likeness (QED) is 0.881. The number of benzene rings is 1. The highest BCUT2D eigenvalue weighted by Crippen LogP contribution is 2.12. The highest BCUT2D eigenvalue weighted by Gasteiger charge is 2.10. The van der Waals surface area contributed by atoms with Gasteiger partial charge in [-0.3, -0.25) is 4.57 Å². The van der Waals surface area contributed by atoms with Crippen molar-refractivity contribution in [3.8, 4) is 0 Å². The van der Waals surface area contributed by atoms with Gasteiger partial charge in [0.2, 0.25) is 0 Å². The average Bonchev–Trinajstić information content (AvgIpc) is 2.63. The second-order valence-corrected chi connectivity index (χ2v) is 3.60. The molecule has 0 aliphatic heterocycles. The lowest BCUT2D eigenvalue weighted by atomic mass is 10.1. The Kier molecular flexibility index (Phi) is 3.03. The number of nitrogens with one attached hydrogen (secondary N) is 1. The maximum Gasteiger partial charge on any atom is 0.343 e. The van der Waals surface area contributed by atoms with Crippen LogP contribution in [0.5, 0.6) is 0 Å². The summed E-state index contributed by atoms with van der Waals surface area (Å²) in [4.78, 5) is 11.3. The zero-order chi connectivity index (χ0) is 12.4. The van der Waals surface area contributed by atoms with Crippen LogP contribution in [-0.2, 0) is 13.0 Å². The number of halogens is 2. The van der Waals surface area contributed by atoms with Crippen LogP contribution in [0.4, 0.5) is 8.78 Å². The minimum Gasteiger partial charge on any atom is -0.279 e. The molecule has 0 aliphatic rings. The zero-order valence-electron chi connectivity index (χ0n) is 9.20. The number of hydrogen-bond donors (Lipinski definition) is 1. The molecule has 1 aromatic heterocycles. The molecule has 90 valence electrons. The molecule has 0 aliphatic carbocycles. The Labute approximate surface area is 95.9 Å². The Hall–Kier alpha value is -1.98. The molecule has 17 heavy (non-hydrogen) atoms. The normalized spacial score (nSPS) is 10.8. The molecule has 6 heteroatoms. The van der Waals surface area contributed by atoms with Gasteiger partial charge in [0.1, 0.15) is 17.5 Å². The summed E-state index contributed by atoms with van der Waals surface area (Å²) < 4.78 is 27.5. The second kappa shape index (κ2) is 4.48. The molecule has 2 rings (SSSR count). The van der Waals surface area contributed by atoms with Crippen LogP contribution in [0.25, 0.3) is 0 Å². The lowest BCUT2D eigenvalue weighted by molar-refractivity contribution is 0.571. The molecule has 1 aromatic carbocycles. The van der Waals surface area contributed by atoms with Gasteiger partial charge in [0.15, 0.2) is 0 Å². The standard InChI is InChI=1S/C11H11F2N3O/c1-2-16-10(14-15-11(16)17)5-7-3-4-8(12)6-9(7)13/h3-4,6H,2,5H2,1H3,(H,15,17). The first-order chi connectivity index (χ1) is 8.11. The van der Waals surface area contributed by atoms with Crippen LogP contribution in [0.2, 0.25) is 0 Å². The lowest BCUT2D eigenvalue weighted by Gasteiger charge is -2.04. The third-order valence-electron chi connectivity index (χ3n) is 2.52. The van der Waals surface area contributed by atoms with Crippen molar-refractivity contribution in [2.75, 3.05) is 0 Å². The number of rotatable bonds is 3. The Morgan fingerprint density at radius 2 is 2.18 bits per heavy atom. The highest BCUT2D eigenvalue weighted by molar-refractivity contribution is 5.21. The number of aromatic amines is 1. The van der Waals surface area contributed by atoms with Crippen LogP contribution in [-0.4, -0.2) is 14.8 Å². The molecule has 0 radical (unpaired) electrons. The predicted molar refractivity (Wildman–Crippen MR) is 57.7 cm³/mol. The van der Waals surface area contributed by atoms with E-state index in [1.54, 1.807) is 6.92 Å². The highest BCUT2D eigenvalue weighted by atomic mass is 19.1. The Morgan fingerprint density at radius 1 is 1.41 bits per heavy atom. The molecule has 0 fully saturated rings. The molecule has 1 N–H and O–H groups in total. The van der Waals surface area contributed by atoms with Gasteiger partial charge in [0, 0.05) is 19.0 Å². The van der Waals surface area contributed by atoms with Crippen molar-refractivity contribution in [3.05, 3.63) is 51.7 Å². The van der Waals surface area contributed by atoms with Gasteiger partial charge in [-0.1, -0.05) is 6.07 Å². The lowest BCUT2D eigenvalue weighted by Crippen LogP contribution is -2.17. The van der Waals surface area contributed by atoms with Crippen LogP contribution < -0.4 is 5.69 Å². The summed E-state index contributed by atoms with van der Waals surface area (Å²) in [6, 6.07) is 3.35. The van der Waals surface area contributed by atoms with Crippen molar-refractivity contribution in [2.45, 2.75) is 19.9 Å². The molecule has 0 saturated carbocycles. The van der Waals surface area contributed by atoms with Crippen molar-refractivity contribution < 1.29 is 8.78 Å². The van der Waals surface area contributed by atoms with Crippen LogP contribution >= 0.6 is 0 Å². The molecule has 4 nitrogen and oxygen atoms in total. The number of nitrogens with zero attached hydrogens (tertiary/aromatic N) is 2. The SMILES string of the molecule is CCn1c(Cc2ccc(F)cc2F)n[nH]c1=O. The molecular formula is C11H11F2N3O. The third kappa shape index (κ3) is 2.25. The Bertz CT molecular complexity index is 589. The van der Waals surface area contributed by atoms with Crippen LogP contribution in [0.3, 0.4) is 0 Å². The first kappa shape index (κ1) is 11.5. The summed E-state index contributed by atoms with van der Waals surface area (Å²) in [7, 11) is 0. The van der Waals surface area contributed by atoms with Crippen molar-refractivity contribution in [2.24, 2.45) is 0 Å². The summed E-state index contributed by atoms with van der Waals surface area (Å²) in [6.45, 7) is 2.24. The van der Waals surface area contributed by atoms with E-state index in [1.165, 1.54) is 16.7 Å².